The number of anilines is 1. The highest BCUT2D eigenvalue weighted by atomic mass is 32.2. The fourth-order valence-corrected chi connectivity index (χ4v) is 1.90. The molecule has 12 heavy (non-hydrogen) atoms. The maximum Gasteiger partial charge on any atom is 0.174 e. The van der Waals surface area contributed by atoms with Crippen molar-refractivity contribution >= 4 is 17.4 Å². The van der Waals surface area contributed by atoms with Crippen LogP contribution in [-0.4, -0.2) is 12.0 Å². The summed E-state index contributed by atoms with van der Waals surface area (Å²) >= 11 is 1.79. The van der Waals surface area contributed by atoms with E-state index in [1.807, 2.05) is 18.2 Å². The van der Waals surface area contributed by atoms with Crippen LogP contribution in [-0.2, 0) is 0 Å². The third kappa shape index (κ3) is 1.87. The largest absolute Gasteiger partial charge is 0.358 e. The van der Waals surface area contributed by atoms with Crippen molar-refractivity contribution in [1.82, 2.24) is 5.32 Å². The predicted octanol–water partition coefficient (Wildman–Crippen LogP) is 1.88. The fourth-order valence-electron chi connectivity index (χ4n) is 1.12. The van der Waals surface area contributed by atoms with Gasteiger partial charge in [-0.2, -0.15) is 0 Å². The lowest BCUT2D eigenvalue weighted by molar-refractivity contribution is 0.785. The lowest BCUT2D eigenvalue weighted by Crippen LogP contribution is -2.27. The first-order valence-corrected chi connectivity index (χ1v) is 4.91. The normalized spacial score (nSPS) is 21.8. The van der Waals surface area contributed by atoms with Crippen LogP contribution < -0.4 is 10.6 Å². The van der Waals surface area contributed by atoms with Crippen LogP contribution in [0.4, 0.5) is 5.69 Å². The van der Waals surface area contributed by atoms with E-state index in [4.69, 9.17) is 0 Å². The van der Waals surface area contributed by atoms with Gasteiger partial charge in [0.05, 0.1) is 0 Å². The minimum atomic E-state index is 0.340. The molecule has 1 aliphatic rings. The molecular weight excluding hydrogens is 168 g/mol. The summed E-state index contributed by atoms with van der Waals surface area (Å²) < 4.78 is 0. The van der Waals surface area contributed by atoms with Gasteiger partial charge in [0.2, 0.25) is 0 Å². The van der Waals surface area contributed by atoms with Gasteiger partial charge in [0.1, 0.15) is 11.8 Å². The molecule has 1 atom stereocenters. The molecule has 0 aromatic heterocycles. The third-order valence-corrected chi connectivity index (χ3v) is 2.61. The van der Waals surface area contributed by atoms with Gasteiger partial charge in [-0.3, -0.25) is 0 Å². The number of para-hydroxylation sites is 1. The first-order valence-electron chi connectivity index (χ1n) is 3.97. The molecule has 1 aromatic carbocycles. The Morgan fingerprint density at radius 1 is 1.42 bits per heavy atom. The molecule has 0 radical (unpaired) electrons. The van der Waals surface area contributed by atoms with E-state index in [2.05, 4.69) is 28.5 Å². The summed E-state index contributed by atoms with van der Waals surface area (Å²) in [4.78, 5) is 0. The molecule has 1 aromatic rings. The van der Waals surface area contributed by atoms with E-state index >= 15 is 0 Å². The molecule has 1 aliphatic heterocycles. The number of benzene rings is 1. The summed E-state index contributed by atoms with van der Waals surface area (Å²) in [7, 11) is 0. The van der Waals surface area contributed by atoms with Crippen LogP contribution in [0.2, 0.25) is 0 Å². The van der Waals surface area contributed by atoms with E-state index in [-0.39, 0.29) is 0 Å². The zero-order valence-corrected chi connectivity index (χ0v) is 7.47. The van der Waals surface area contributed by atoms with Gasteiger partial charge in [-0.25, -0.2) is 5.32 Å². The molecule has 1 unspecified atom stereocenters. The molecule has 2 nitrogen and oxygen atoms in total. The minimum absolute atomic E-state index is 0.340. The maximum absolute atomic E-state index is 3.36. The average molecular weight is 179 g/mol. The van der Waals surface area contributed by atoms with Gasteiger partial charge in [0, 0.05) is 5.69 Å². The highest BCUT2D eigenvalue weighted by Crippen LogP contribution is 2.19. The Kier molecular flexibility index (Phi) is 2.44. The molecule has 0 spiro atoms. The Morgan fingerprint density at radius 2 is 2.25 bits per heavy atom. The van der Waals surface area contributed by atoms with Crippen molar-refractivity contribution in [1.29, 1.82) is 0 Å². The van der Waals surface area contributed by atoms with Crippen molar-refractivity contribution in [3.05, 3.63) is 36.1 Å². The van der Waals surface area contributed by atoms with Crippen molar-refractivity contribution in [3.8, 4) is 0 Å². The van der Waals surface area contributed by atoms with E-state index in [1.54, 1.807) is 11.8 Å². The Balaban J connectivity index is 1.94. The quantitative estimate of drug-likeness (QED) is 0.678. The van der Waals surface area contributed by atoms with Crippen LogP contribution in [0.5, 0.6) is 0 Å². The number of rotatable bonds is 2. The van der Waals surface area contributed by atoms with E-state index in [0.717, 1.165) is 12.2 Å². The number of hydrogen-bond donors (Lipinski definition) is 2. The minimum Gasteiger partial charge on any atom is -0.358 e. The monoisotopic (exact) mass is 179 g/mol. The standard InChI is InChI=1S/C9H11N2S/c1-2-4-8(5-3-1)11-9-10-6-7-12-9/h1-5,7,9-11H,6H2/q+1. The summed E-state index contributed by atoms with van der Waals surface area (Å²) in [6.07, 6.45) is 0. The molecular formula is C9H11N2S+. The molecule has 2 N–H and O–H groups in total. The zero-order chi connectivity index (χ0) is 8.23. The topological polar surface area (TPSA) is 24.1 Å². The molecule has 2 rings (SSSR count). The number of thioether (sulfide) groups is 1. The van der Waals surface area contributed by atoms with Crippen molar-refractivity contribution in [2.45, 2.75) is 5.50 Å². The third-order valence-electron chi connectivity index (χ3n) is 1.69. The van der Waals surface area contributed by atoms with Crippen molar-refractivity contribution < 1.29 is 0 Å². The summed E-state index contributed by atoms with van der Waals surface area (Å²) in [5, 5.41) is 6.66. The van der Waals surface area contributed by atoms with Crippen molar-refractivity contribution in [2.75, 3.05) is 11.9 Å². The van der Waals surface area contributed by atoms with Crippen LogP contribution in [0.15, 0.2) is 30.3 Å². The van der Waals surface area contributed by atoms with Gasteiger partial charge in [-0.15, -0.1) is 0 Å². The van der Waals surface area contributed by atoms with E-state index in [9.17, 15) is 0 Å². The lowest BCUT2D eigenvalue weighted by atomic mass is 10.3. The zero-order valence-electron chi connectivity index (χ0n) is 6.66. The van der Waals surface area contributed by atoms with Crippen LogP contribution in [0, 0.1) is 5.75 Å². The summed E-state index contributed by atoms with van der Waals surface area (Å²) in [6, 6.07) is 10.2. The van der Waals surface area contributed by atoms with E-state index < -0.39 is 0 Å². The summed E-state index contributed by atoms with van der Waals surface area (Å²) in [5.41, 5.74) is 1.50. The fraction of sp³-hybridized carbons (Fsp3) is 0.222. The lowest BCUT2D eigenvalue weighted by Gasteiger charge is -2.08. The van der Waals surface area contributed by atoms with Gasteiger partial charge in [0.25, 0.3) is 0 Å². The van der Waals surface area contributed by atoms with Gasteiger partial charge in [-0.05, 0) is 12.1 Å². The average Bonchev–Trinajstić information content (AvgIpc) is 2.59. The molecule has 0 saturated carbocycles. The second-order valence-electron chi connectivity index (χ2n) is 2.60. The van der Waals surface area contributed by atoms with Gasteiger partial charge < -0.3 is 5.32 Å². The Hall–Kier alpha value is -0.800. The Morgan fingerprint density at radius 3 is 2.92 bits per heavy atom. The van der Waals surface area contributed by atoms with Gasteiger partial charge in [0.15, 0.2) is 17.8 Å². The second kappa shape index (κ2) is 3.74. The molecule has 1 fully saturated rings. The summed E-state index contributed by atoms with van der Waals surface area (Å²) in [6.45, 7) is 0.981. The first-order chi connectivity index (χ1) is 5.95. The van der Waals surface area contributed by atoms with Gasteiger partial charge >= 0.3 is 0 Å². The number of hydrogen-bond acceptors (Lipinski definition) is 3. The number of nitrogens with one attached hydrogen (secondary N) is 2. The van der Waals surface area contributed by atoms with Crippen LogP contribution in [0.1, 0.15) is 0 Å². The molecule has 1 heterocycles. The maximum atomic E-state index is 3.36. The van der Waals surface area contributed by atoms with Gasteiger partial charge in [-0.1, -0.05) is 18.2 Å². The van der Waals surface area contributed by atoms with Crippen LogP contribution >= 0.6 is 11.8 Å². The second-order valence-corrected chi connectivity index (χ2v) is 3.68. The molecule has 0 bridgehead atoms. The van der Waals surface area contributed by atoms with E-state index in [1.165, 1.54) is 0 Å². The molecule has 3 heteroatoms. The molecule has 62 valence electrons. The van der Waals surface area contributed by atoms with Crippen LogP contribution in [0.25, 0.3) is 0 Å². The molecule has 1 saturated heterocycles. The molecule has 0 aliphatic carbocycles. The Bertz CT molecular complexity index is 232. The highest BCUT2D eigenvalue weighted by Gasteiger charge is 2.22. The highest BCUT2D eigenvalue weighted by molar-refractivity contribution is 8.02. The molecule has 0 amide bonds. The summed E-state index contributed by atoms with van der Waals surface area (Å²) in [5.74, 6) is 2.17. The smallest absolute Gasteiger partial charge is 0.174 e. The SMILES string of the molecule is c1ccc(NC2NC[CH+]S2)cc1. The van der Waals surface area contributed by atoms with Crippen molar-refractivity contribution in [3.63, 3.8) is 0 Å². The Labute approximate surface area is 76.7 Å². The van der Waals surface area contributed by atoms with Crippen molar-refractivity contribution in [2.24, 2.45) is 0 Å². The first kappa shape index (κ1) is 7.83. The van der Waals surface area contributed by atoms with E-state index in [0.29, 0.717) is 5.50 Å². The van der Waals surface area contributed by atoms with Crippen LogP contribution in [0.3, 0.4) is 0 Å². The predicted molar refractivity (Wildman–Crippen MR) is 53.7 cm³/mol.